The van der Waals surface area contributed by atoms with Crippen molar-refractivity contribution in [3.63, 3.8) is 0 Å². The van der Waals surface area contributed by atoms with Crippen molar-refractivity contribution in [1.29, 1.82) is 10.8 Å². The predicted octanol–water partition coefficient (Wildman–Crippen LogP) is 5.11. The van der Waals surface area contributed by atoms with E-state index in [9.17, 15) is 4.79 Å². The Morgan fingerprint density at radius 1 is 1.18 bits per heavy atom. The molecule has 5 rings (SSSR count). The number of carbonyl (C=O) groups excluding carboxylic acids is 1. The van der Waals surface area contributed by atoms with Gasteiger partial charge in [-0.1, -0.05) is 17.4 Å². The van der Waals surface area contributed by atoms with Crippen molar-refractivity contribution in [3.05, 3.63) is 47.7 Å². The molecular weight excluding hydrogens is 446 g/mol. The Balaban J connectivity index is 1.34. The van der Waals surface area contributed by atoms with Crippen LogP contribution in [-0.4, -0.2) is 51.1 Å². The molecule has 2 fully saturated rings. The quantitative estimate of drug-likeness (QED) is 0.339. The second-order valence-electron chi connectivity index (χ2n) is 9.24. The third-order valence-corrected chi connectivity index (χ3v) is 7.77. The Labute approximate surface area is 203 Å². The lowest BCUT2D eigenvalue weighted by atomic mass is 10.0. The van der Waals surface area contributed by atoms with Crippen LogP contribution in [0.3, 0.4) is 0 Å². The second-order valence-corrected chi connectivity index (χ2v) is 10.3. The summed E-state index contributed by atoms with van der Waals surface area (Å²) in [5.74, 6) is 0.237. The number of fused-ring (bicyclic) bond motifs is 3. The number of thiazole rings is 1. The summed E-state index contributed by atoms with van der Waals surface area (Å²) in [5, 5.41) is 19.9. The highest BCUT2D eigenvalue weighted by Crippen LogP contribution is 2.42. The molecule has 3 N–H and O–H groups in total. The van der Waals surface area contributed by atoms with Gasteiger partial charge in [0.2, 0.25) is 0 Å². The molecule has 2 bridgehead atoms. The molecule has 2 saturated heterocycles. The Morgan fingerprint density at radius 3 is 2.65 bits per heavy atom. The van der Waals surface area contributed by atoms with Gasteiger partial charge in [0.05, 0.1) is 16.6 Å². The van der Waals surface area contributed by atoms with E-state index < -0.39 is 0 Å². The van der Waals surface area contributed by atoms with E-state index in [1.54, 1.807) is 35.6 Å². The Kier molecular flexibility index (Phi) is 6.03. The van der Waals surface area contributed by atoms with Crippen molar-refractivity contribution in [1.82, 2.24) is 14.9 Å². The van der Waals surface area contributed by atoms with Gasteiger partial charge in [-0.2, -0.15) is 0 Å². The first-order valence-electron chi connectivity index (χ1n) is 11.8. The lowest BCUT2D eigenvalue weighted by molar-refractivity contribution is 0.102. The number of amidine groups is 1. The molecule has 4 heterocycles. The highest BCUT2D eigenvalue weighted by atomic mass is 32.1. The minimum Gasteiger partial charge on any atom is -0.342 e. The van der Waals surface area contributed by atoms with Crippen LogP contribution < -0.4 is 10.2 Å². The maximum absolute atomic E-state index is 13.0. The third-order valence-electron chi connectivity index (χ3n) is 6.74. The average molecular weight is 476 g/mol. The molecule has 176 valence electrons. The standard InChI is InChI=1S/C25H29N7OS/c1-15(2)31(14-26)23(27)20-7-4-8-22(28-20)30-24(33)16-9-12-19-21(13-16)34-25(29-19)32-17-5-3-6-18(32)11-10-17/h4,7-9,12-15,17-18,26-27H,3,5-6,10-11H2,1-2H3,(H,28,30,33). The molecule has 2 aliphatic rings. The molecule has 0 radical (unpaired) electrons. The molecule has 0 saturated carbocycles. The SMILES string of the molecule is CC(C)N(C=N)C(=N)c1cccc(NC(=O)c2ccc3nc(N4C5CCCC4CC5)sc3c2)n1. The first kappa shape index (κ1) is 22.5. The molecule has 2 atom stereocenters. The van der Waals surface area contributed by atoms with E-state index >= 15 is 0 Å². The van der Waals surface area contributed by atoms with Crippen molar-refractivity contribution in [2.24, 2.45) is 0 Å². The fraction of sp³-hybridized carbons (Fsp3) is 0.400. The van der Waals surface area contributed by atoms with Gasteiger partial charge in [-0.05, 0) is 76.3 Å². The summed E-state index contributed by atoms with van der Waals surface area (Å²) in [7, 11) is 0. The van der Waals surface area contributed by atoms with E-state index in [1.165, 1.54) is 37.0 Å². The Hall–Kier alpha value is -3.33. The minimum absolute atomic E-state index is 0.0406. The van der Waals surface area contributed by atoms with Crippen LogP contribution in [0.25, 0.3) is 10.2 Å². The van der Waals surface area contributed by atoms with Crippen LogP contribution in [0.1, 0.15) is 62.0 Å². The monoisotopic (exact) mass is 475 g/mol. The molecular formula is C25H29N7OS. The summed E-state index contributed by atoms with van der Waals surface area (Å²) >= 11 is 1.67. The van der Waals surface area contributed by atoms with E-state index in [-0.39, 0.29) is 17.8 Å². The highest BCUT2D eigenvalue weighted by molar-refractivity contribution is 7.22. The van der Waals surface area contributed by atoms with Gasteiger partial charge in [0, 0.05) is 23.7 Å². The molecule has 34 heavy (non-hydrogen) atoms. The fourth-order valence-electron chi connectivity index (χ4n) is 5.02. The van der Waals surface area contributed by atoms with Gasteiger partial charge < -0.3 is 15.1 Å². The predicted molar refractivity (Wildman–Crippen MR) is 138 cm³/mol. The van der Waals surface area contributed by atoms with Gasteiger partial charge in [0.25, 0.3) is 5.91 Å². The lowest BCUT2D eigenvalue weighted by Crippen LogP contribution is -2.39. The smallest absolute Gasteiger partial charge is 0.256 e. The zero-order chi connectivity index (χ0) is 23.8. The van der Waals surface area contributed by atoms with Crippen LogP contribution in [0, 0.1) is 10.8 Å². The van der Waals surface area contributed by atoms with Gasteiger partial charge >= 0.3 is 0 Å². The molecule has 2 aliphatic heterocycles. The van der Waals surface area contributed by atoms with Crippen LogP contribution in [-0.2, 0) is 0 Å². The summed E-state index contributed by atoms with van der Waals surface area (Å²) in [5.41, 5.74) is 1.87. The average Bonchev–Trinajstić information content (AvgIpc) is 3.35. The van der Waals surface area contributed by atoms with Crippen LogP contribution >= 0.6 is 11.3 Å². The summed E-state index contributed by atoms with van der Waals surface area (Å²) in [6, 6.07) is 12.0. The largest absolute Gasteiger partial charge is 0.342 e. The number of amides is 1. The molecule has 1 amide bonds. The minimum atomic E-state index is -0.251. The van der Waals surface area contributed by atoms with E-state index in [2.05, 4.69) is 15.2 Å². The van der Waals surface area contributed by atoms with Crippen molar-refractivity contribution in [2.45, 2.75) is 64.1 Å². The van der Waals surface area contributed by atoms with E-state index in [0.29, 0.717) is 29.2 Å². The van der Waals surface area contributed by atoms with E-state index in [4.69, 9.17) is 15.8 Å². The van der Waals surface area contributed by atoms with E-state index in [1.807, 2.05) is 26.0 Å². The second kappa shape index (κ2) is 9.13. The number of aromatic nitrogens is 2. The molecule has 2 unspecified atom stereocenters. The topological polar surface area (TPSA) is 109 Å². The zero-order valence-electron chi connectivity index (χ0n) is 19.4. The van der Waals surface area contributed by atoms with Gasteiger partial charge in [-0.3, -0.25) is 15.6 Å². The number of nitrogens with one attached hydrogen (secondary N) is 3. The maximum Gasteiger partial charge on any atom is 0.256 e. The summed E-state index contributed by atoms with van der Waals surface area (Å²) in [4.78, 5) is 26.3. The van der Waals surface area contributed by atoms with Gasteiger partial charge in [-0.15, -0.1) is 0 Å². The van der Waals surface area contributed by atoms with Crippen LogP contribution in [0.5, 0.6) is 0 Å². The number of hydrogen-bond donors (Lipinski definition) is 3. The Morgan fingerprint density at radius 2 is 1.94 bits per heavy atom. The van der Waals surface area contributed by atoms with Gasteiger partial charge in [0.1, 0.15) is 11.5 Å². The molecule has 2 aromatic heterocycles. The van der Waals surface area contributed by atoms with Gasteiger partial charge in [-0.25, -0.2) is 9.97 Å². The first-order chi connectivity index (χ1) is 16.4. The zero-order valence-corrected chi connectivity index (χ0v) is 20.2. The van der Waals surface area contributed by atoms with Crippen molar-refractivity contribution in [3.8, 4) is 0 Å². The number of piperidine rings is 1. The summed E-state index contributed by atoms with van der Waals surface area (Å²) in [6.45, 7) is 3.81. The third kappa shape index (κ3) is 4.16. The molecule has 9 heteroatoms. The lowest BCUT2D eigenvalue weighted by Gasteiger charge is -2.34. The number of anilines is 2. The number of benzene rings is 1. The summed E-state index contributed by atoms with van der Waals surface area (Å²) < 4.78 is 1.01. The maximum atomic E-state index is 13.0. The van der Waals surface area contributed by atoms with E-state index in [0.717, 1.165) is 21.7 Å². The molecule has 0 spiro atoms. The van der Waals surface area contributed by atoms with Crippen molar-refractivity contribution in [2.75, 3.05) is 10.2 Å². The summed E-state index contributed by atoms with van der Waals surface area (Å²) in [6.07, 6.45) is 7.44. The number of hydrogen-bond acceptors (Lipinski definition) is 7. The van der Waals surface area contributed by atoms with Crippen molar-refractivity contribution < 1.29 is 4.79 Å². The number of rotatable bonds is 6. The first-order valence-corrected chi connectivity index (χ1v) is 12.6. The van der Waals surface area contributed by atoms with Crippen LogP contribution in [0.2, 0.25) is 0 Å². The highest BCUT2D eigenvalue weighted by Gasteiger charge is 2.38. The van der Waals surface area contributed by atoms with Crippen LogP contribution in [0.15, 0.2) is 36.4 Å². The molecule has 0 aliphatic carbocycles. The molecule has 1 aromatic carbocycles. The Bertz CT molecular complexity index is 1240. The van der Waals surface area contributed by atoms with Crippen LogP contribution in [0.4, 0.5) is 10.9 Å². The fourth-order valence-corrected chi connectivity index (χ4v) is 6.17. The molecule has 3 aromatic rings. The van der Waals surface area contributed by atoms with Crippen molar-refractivity contribution >= 4 is 50.6 Å². The molecule has 8 nitrogen and oxygen atoms in total. The normalized spacial score (nSPS) is 19.4. The number of pyridine rings is 1. The number of nitrogens with zero attached hydrogens (tertiary/aromatic N) is 4. The van der Waals surface area contributed by atoms with Gasteiger partial charge in [0.15, 0.2) is 11.0 Å². The number of carbonyl (C=O) groups is 1.